The Kier molecular flexibility index (Phi) is 2.97. The van der Waals surface area contributed by atoms with Crippen LogP contribution in [0.5, 0.6) is 0 Å². The van der Waals surface area contributed by atoms with E-state index in [1.165, 1.54) is 0 Å². The summed E-state index contributed by atoms with van der Waals surface area (Å²) in [6, 6.07) is 1.92. The Balaban J connectivity index is 2.07. The topological polar surface area (TPSA) is 68.0 Å². The minimum absolute atomic E-state index is 0.0173. The third kappa shape index (κ3) is 1.99. The van der Waals surface area contributed by atoms with Crippen LogP contribution in [0.15, 0.2) is 18.5 Å². The van der Waals surface area contributed by atoms with Gasteiger partial charge in [0.2, 0.25) is 0 Å². The molecule has 5 nitrogen and oxygen atoms in total. The number of hydrogen-bond acceptors (Lipinski definition) is 3. The fraction of sp³-hybridized carbons (Fsp3) is 0.500. The Morgan fingerprint density at radius 3 is 2.95 bits per heavy atom. The Morgan fingerprint density at radius 1 is 1.42 bits per heavy atom. The quantitative estimate of drug-likeness (QED) is 0.898. The van der Waals surface area contributed by atoms with E-state index in [1.54, 1.807) is 12.4 Å². The van der Waals surface area contributed by atoms with E-state index in [4.69, 9.17) is 0 Å². The zero-order chi connectivity index (χ0) is 13.4. The highest BCUT2D eigenvalue weighted by atomic mass is 16.4. The van der Waals surface area contributed by atoms with Crippen LogP contribution in [0.1, 0.15) is 37.4 Å². The van der Waals surface area contributed by atoms with E-state index in [0.717, 1.165) is 42.5 Å². The zero-order valence-corrected chi connectivity index (χ0v) is 10.9. The molecule has 2 heterocycles. The molecule has 19 heavy (non-hydrogen) atoms. The van der Waals surface area contributed by atoms with Crippen LogP contribution in [0.25, 0.3) is 11.0 Å². The molecule has 5 heteroatoms. The van der Waals surface area contributed by atoms with Crippen molar-refractivity contribution in [1.82, 2.24) is 14.5 Å². The van der Waals surface area contributed by atoms with Gasteiger partial charge in [-0.1, -0.05) is 12.8 Å². The molecule has 2 aromatic rings. The molecular formula is C14H17N3O2. The van der Waals surface area contributed by atoms with Gasteiger partial charge in [-0.25, -0.2) is 4.98 Å². The Bertz CT molecular complexity index is 620. The first-order chi connectivity index (χ1) is 9.18. The van der Waals surface area contributed by atoms with Gasteiger partial charge in [0.1, 0.15) is 11.3 Å². The fourth-order valence-corrected chi connectivity index (χ4v) is 3.14. The average molecular weight is 259 g/mol. The van der Waals surface area contributed by atoms with Crippen LogP contribution < -0.4 is 0 Å². The van der Waals surface area contributed by atoms with Crippen LogP contribution in [-0.4, -0.2) is 25.6 Å². The summed E-state index contributed by atoms with van der Waals surface area (Å²) in [6.07, 6.45) is 7.21. The third-order valence-corrected chi connectivity index (χ3v) is 4.13. The molecule has 1 saturated carbocycles. The summed E-state index contributed by atoms with van der Waals surface area (Å²) in [6.45, 7) is 0. The lowest BCUT2D eigenvalue weighted by Gasteiger charge is -2.27. The van der Waals surface area contributed by atoms with E-state index in [9.17, 15) is 9.90 Å². The molecule has 100 valence electrons. The second-order valence-electron chi connectivity index (χ2n) is 5.23. The molecular weight excluding hydrogens is 242 g/mol. The largest absolute Gasteiger partial charge is 0.481 e. The minimum Gasteiger partial charge on any atom is -0.481 e. The van der Waals surface area contributed by atoms with Gasteiger partial charge in [0.25, 0.3) is 0 Å². The molecule has 2 aromatic heterocycles. The number of imidazole rings is 1. The first-order valence-corrected chi connectivity index (χ1v) is 6.67. The molecule has 0 saturated heterocycles. The predicted molar refractivity (Wildman–Crippen MR) is 70.8 cm³/mol. The molecule has 1 fully saturated rings. The zero-order valence-electron chi connectivity index (χ0n) is 10.9. The second kappa shape index (κ2) is 4.64. The summed E-state index contributed by atoms with van der Waals surface area (Å²) < 4.78 is 2.02. The van der Waals surface area contributed by atoms with Crippen LogP contribution in [-0.2, 0) is 11.8 Å². The lowest BCUT2D eigenvalue weighted by Crippen LogP contribution is -2.27. The van der Waals surface area contributed by atoms with Gasteiger partial charge < -0.3 is 9.67 Å². The van der Waals surface area contributed by atoms with E-state index in [-0.39, 0.29) is 11.8 Å². The third-order valence-electron chi connectivity index (χ3n) is 4.13. The van der Waals surface area contributed by atoms with Crippen molar-refractivity contribution in [3.05, 3.63) is 24.3 Å². The minimum atomic E-state index is -0.699. The summed E-state index contributed by atoms with van der Waals surface area (Å²) in [4.78, 5) is 20.1. The smallest absolute Gasteiger partial charge is 0.307 e. The average Bonchev–Trinajstić information content (AvgIpc) is 2.76. The summed E-state index contributed by atoms with van der Waals surface area (Å²) in [7, 11) is 1.96. The molecule has 0 amide bonds. The maximum Gasteiger partial charge on any atom is 0.307 e. The number of carboxylic acids is 1. The summed E-state index contributed by atoms with van der Waals surface area (Å²) >= 11 is 0. The van der Waals surface area contributed by atoms with Crippen molar-refractivity contribution < 1.29 is 9.90 Å². The molecule has 1 N–H and O–H groups in total. The first-order valence-electron chi connectivity index (χ1n) is 6.67. The van der Waals surface area contributed by atoms with E-state index in [0.29, 0.717) is 0 Å². The fourth-order valence-electron chi connectivity index (χ4n) is 3.14. The molecule has 1 aliphatic rings. The van der Waals surface area contributed by atoms with E-state index < -0.39 is 5.97 Å². The van der Waals surface area contributed by atoms with Crippen LogP contribution in [0, 0.1) is 5.92 Å². The van der Waals surface area contributed by atoms with E-state index >= 15 is 0 Å². The number of carboxylic acid groups (broad SMARTS) is 1. The summed E-state index contributed by atoms with van der Waals surface area (Å²) in [5, 5.41) is 9.39. The summed E-state index contributed by atoms with van der Waals surface area (Å²) in [5.74, 6) is -0.106. The van der Waals surface area contributed by atoms with E-state index in [1.807, 2.05) is 17.7 Å². The predicted octanol–water partition coefficient (Wildman–Crippen LogP) is 2.33. The second-order valence-corrected chi connectivity index (χ2v) is 5.23. The standard InChI is InChI=1S/C14H17N3O2/c1-17-12-6-7-15-8-11(12)16-13(17)9-4-2-3-5-10(9)14(18)19/h6-10H,2-5H2,1H3,(H,18,19). The highest BCUT2D eigenvalue weighted by Crippen LogP contribution is 2.38. The van der Waals surface area contributed by atoms with Crippen molar-refractivity contribution in [3.8, 4) is 0 Å². The Hall–Kier alpha value is -1.91. The molecule has 2 atom stereocenters. The number of aliphatic carboxylic acids is 1. The van der Waals surface area contributed by atoms with E-state index in [2.05, 4.69) is 9.97 Å². The lowest BCUT2D eigenvalue weighted by atomic mass is 9.79. The highest BCUT2D eigenvalue weighted by molar-refractivity contribution is 5.76. The normalized spacial score (nSPS) is 23.6. The van der Waals surface area contributed by atoms with Crippen molar-refractivity contribution >= 4 is 17.0 Å². The molecule has 0 aliphatic heterocycles. The number of hydrogen-bond donors (Lipinski definition) is 1. The van der Waals surface area contributed by atoms with Gasteiger partial charge in [-0.2, -0.15) is 0 Å². The number of pyridine rings is 1. The lowest BCUT2D eigenvalue weighted by molar-refractivity contribution is -0.143. The van der Waals surface area contributed by atoms with Crippen LogP contribution in [0.2, 0.25) is 0 Å². The van der Waals surface area contributed by atoms with Crippen molar-refractivity contribution in [2.24, 2.45) is 13.0 Å². The van der Waals surface area contributed by atoms with Gasteiger partial charge in [0.15, 0.2) is 0 Å². The maximum atomic E-state index is 11.4. The highest BCUT2D eigenvalue weighted by Gasteiger charge is 2.34. The van der Waals surface area contributed by atoms with Crippen molar-refractivity contribution in [2.75, 3.05) is 0 Å². The molecule has 0 bridgehead atoms. The van der Waals surface area contributed by atoms with Gasteiger partial charge in [-0.05, 0) is 18.9 Å². The van der Waals surface area contributed by atoms with Gasteiger partial charge in [-0.3, -0.25) is 9.78 Å². The van der Waals surface area contributed by atoms with Crippen molar-refractivity contribution in [1.29, 1.82) is 0 Å². The monoisotopic (exact) mass is 259 g/mol. The van der Waals surface area contributed by atoms with Crippen molar-refractivity contribution in [3.63, 3.8) is 0 Å². The summed E-state index contributed by atoms with van der Waals surface area (Å²) in [5.41, 5.74) is 1.86. The SMILES string of the molecule is Cn1c(C2CCCCC2C(=O)O)nc2cnccc21. The van der Waals surface area contributed by atoms with Gasteiger partial charge >= 0.3 is 5.97 Å². The number of rotatable bonds is 2. The number of carbonyl (C=O) groups is 1. The molecule has 0 spiro atoms. The molecule has 0 radical (unpaired) electrons. The molecule has 1 aliphatic carbocycles. The molecule has 0 aromatic carbocycles. The maximum absolute atomic E-state index is 11.4. The molecule has 3 rings (SSSR count). The van der Waals surface area contributed by atoms with Gasteiger partial charge in [0, 0.05) is 19.2 Å². The Morgan fingerprint density at radius 2 is 2.21 bits per heavy atom. The van der Waals surface area contributed by atoms with Gasteiger partial charge in [-0.15, -0.1) is 0 Å². The number of fused-ring (bicyclic) bond motifs is 1. The van der Waals surface area contributed by atoms with Crippen molar-refractivity contribution in [2.45, 2.75) is 31.6 Å². The van der Waals surface area contributed by atoms with Crippen LogP contribution in [0.3, 0.4) is 0 Å². The molecule has 2 unspecified atom stereocenters. The number of aryl methyl sites for hydroxylation is 1. The van der Waals surface area contributed by atoms with Crippen LogP contribution in [0.4, 0.5) is 0 Å². The van der Waals surface area contributed by atoms with Gasteiger partial charge in [0.05, 0.1) is 17.6 Å². The first kappa shape index (κ1) is 12.1. The van der Waals surface area contributed by atoms with Crippen LogP contribution >= 0.6 is 0 Å². The number of nitrogens with zero attached hydrogens (tertiary/aromatic N) is 3. The Labute approximate surface area is 111 Å². The number of aromatic nitrogens is 3.